The summed E-state index contributed by atoms with van der Waals surface area (Å²) in [7, 11) is 0. The molecular weight excluding hydrogens is 218 g/mol. The molecule has 0 aromatic heterocycles. The average Bonchev–Trinajstić information content (AvgIpc) is 2.41. The highest BCUT2D eigenvalue weighted by Crippen LogP contribution is 2.28. The number of para-hydroxylation sites is 1. The molecule has 1 heteroatoms. The lowest BCUT2D eigenvalue weighted by atomic mass is 10.0. The van der Waals surface area contributed by atoms with Crippen LogP contribution in [0.5, 0.6) is 0 Å². The van der Waals surface area contributed by atoms with Gasteiger partial charge < -0.3 is 5.32 Å². The zero-order valence-electron chi connectivity index (χ0n) is 10.4. The lowest BCUT2D eigenvalue weighted by Crippen LogP contribution is -1.91. The third-order valence-electron chi connectivity index (χ3n) is 3.19. The highest BCUT2D eigenvalue weighted by Gasteiger charge is 2.02. The normalized spacial score (nSPS) is 10.5. The van der Waals surface area contributed by atoms with Crippen LogP contribution in [-0.2, 0) is 0 Å². The molecule has 0 radical (unpaired) electrons. The maximum Gasteiger partial charge on any atom is 0.0464 e. The summed E-state index contributed by atoms with van der Waals surface area (Å²) in [5, 5.41) is 6.04. The number of aryl methyl sites for hydroxylation is 1. The molecule has 3 aromatic carbocycles. The second kappa shape index (κ2) is 4.53. The zero-order chi connectivity index (χ0) is 12.4. The summed E-state index contributed by atoms with van der Waals surface area (Å²) < 4.78 is 0. The fourth-order valence-electron chi connectivity index (χ4n) is 2.25. The van der Waals surface area contributed by atoms with E-state index in [0.29, 0.717) is 0 Å². The maximum absolute atomic E-state index is 3.47. The van der Waals surface area contributed by atoms with E-state index < -0.39 is 0 Å². The molecule has 0 spiro atoms. The average molecular weight is 233 g/mol. The minimum Gasteiger partial charge on any atom is -0.355 e. The molecule has 0 heterocycles. The van der Waals surface area contributed by atoms with Gasteiger partial charge in [-0.25, -0.2) is 0 Å². The Morgan fingerprint density at radius 3 is 2.22 bits per heavy atom. The summed E-state index contributed by atoms with van der Waals surface area (Å²) in [6, 6.07) is 23.1. The minimum absolute atomic E-state index is 1.12. The van der Waals surface area contributed by atoms with Crippen LogP contribution in [0.25, 0.3) is 10.8 Å². The van der Waals surface area contributed by atoms with Crippen molar-refractivity contribution >= 4 is 22.1 Å². The molecule has 0 amide bonds. The molecule has 0 fully saturated rings. The fraction of sp³-hybridized carbons (Fsp3) is 0.0588. The highest BCUT2D eigenvalue weighted by molar-refractivity contribution is 5.97. The van der Waals surface area contributed by atoms with Gasteiger partial charge in [0.1, 0.15) is 0 Å². The van der Waals surface area contributed by atoms with E-state index in [9.17, 15) is 0 Å². The van der Waals surface area contributed by atoms with E-state index >= 15 is 0 Å². The molecule has 0 saturated carbocycles. The first kappa shape index (κ1) is 10.8. The number of benzene rings is 3. The first-order valence-electron chi connectivity index (χ1n) is 6.15. The van der Waals surface area contributed by atoms with Crippen molar-refractivity contribution in [1.82, 2.24) is 0 Å². The summed E-state index contributed by atoms with van der Waals surface area (Å²) in [6.45, 7) is 2.15. The fourth-order valence-corrected chi connectivity index (χ4v) is 2.25. The SMILES string of the molecule is Cc1cccc2c(Nc3ccccc3)cccc12. The third-order valence-corrected chi connectivity index (χ3v) is 3.19. The van der Waals surface area contributed by atoms with Gasteiger partial charge in [0, 0.05) is 16.8 Å². The van der Waals surface area contributed by atoms with E-state index in [4.69, 9.17) is 0 Å². The lowest BCUT2D eigenvalue weighted by Gasteiger charge is -2.11. The van der Waals surface area contributed by atoms with Crippen molar-refractivity contribution in [3.05, 3.63) is 72.3 Å². The molecule has 0 atom stereocenters. The predicted octanol–water partition coefficient (Wildman–Crippen LogP) is 4.89. The Hall–Kier alpha value is -2.28. The van der Waals surface area contributed by atoms with E-state index in [1.807, 2.05) is 18.2 Å². The number of nitrogens with one attached hydrogen (secondary N) is 1. The molecule has 0 saturated heterocycles. The van der Waals surface area contributed by atoms with Crippen LogP contribution < -0.4 is 5.32 Å². The maximum atomic E-state index is 3.47. The summed E-state index contributed by atoms with van der Waals surface area (Å²) in [4.78, 5) is 0. The van der Waals surface area contributed by atoms with E-state index in [2.05, 4.69) is 60.8 Å². The Kier molecular flexibility index (Phi) is 2.73. The minimum atomic E-state index is 1.12. The first-order chi connectivity index (χ1) is 8.84. The number of hydrogen-bond acceptors (Lipinski definition) is 1. The Morgan fingerprint density at radius 1 is 0.667 bits per heavy atom. The van der Waals surface area contributed by atoms with Gasteiger partial charge in [-0.2, -0.15) is 0 Å². The molecule has 3 aromatic rings. The van der Waals surface area contributed by atoms with Crippen molar-refractivity contribution in [2.75, 3.05) is 5.32 Å². The van der Waals surface area contributed by atoms with Crippen molar-refractivity contribution in [2.45, 2.75) is 6.92 Å². The van der Waals surface area contributed by atoms with Gasteiger partial charge in [-0.1, -0.05) is 48.5 Å². The molecule has 1 nitrogen and oxygen atoms in total. The van der Waals surface area contributed by atoms with Crippen molar-refractivity contribution in [3.63, 3.8) is 0 Å². The predicted molar refractivity (Wildman–Crippen MR) is 78.4 cm³/mol. The first-order valence-corrected chi connectivity index (χ1v) is 6.15. The Balaban J connectivity index is 2.10. The molecule has 18 heavy (non-hydrogen) atoms. The van der Waals surface area contributed by atoms with Gasteiger partial charge in [0.05, 0.1) is 0 Å². The molecule has 88 valence electrons. The molecular formula is C17H15N. The van der Waals surface area contributed by atoms with Gasteiger partial charge >= 0.3 is 0 Å². The molecule has 3 rings (SSSR count). The number of rotatable bonds is 2. The van der Waals surface area contributed by atoms with Crippen molar-refractivity contribution < 1.29 is 0 Å². The molecule has 0 aliphatic heterocycles. The largest absolute Gasteiger partial charge is 0.355 e. The molecule has 1 N–H and O–H groups in total. The Bertz CT molecular complexity index is 672. The van der Waals surface area contributed by atoms with Crippen LogP contribution in [0.2, 0.25) is 0 Å². The molecule has 0 bridgehead atoms. The van der Waals surface area contributed by atoms with Crippen LogP contribution in [0.3, 0.4) is 0 Å². The van der Waals surface area contributed by atoms with Crippen LogP contribution in [0.4, 0.5) is 11.4 Å². The van der Waals surface area contributed by atoms with Crippen LogP contribution in [0, 0.1) is 6.92 Å². The van der Waals surface area contributed by atoms with Crippen LogP contribution in [0.15, 0.2) is 66.7 Å². The van der Waals surface area contributed by atoms with Crippen molar-refractivity contribution in [3.8, 4) is 0 Å². The number of fused-ring (bicyclic) bond motifs is 1. The monoisotopic (exact) mass is 233 g/mol. The van der Waals surface area contributed by atoms with Crippen LogP contribution in [0.1, 0.15) is 5.56 Å². The second-order valence-corrected chi connectivity index (χ2v) is 4.47. The van der Waals surface area contributed by atoms with Crippen molar-refractivity contribution in [1.29, 1.82) is 0 Å². The van der Waals surface area contributed by atoms with Gasteiger partial charge in [-0.15, -0.1) is 0 Å². The summed E-state index contributed by atoms with van der Waals surface area (Å²) in [5.74, 6) is 0. The summed E-state index contributed by atoms with van der Waals surface area (Å²) >= 11 is 0. The molecule has 0 unspecified atom stereocenters. The van der Waals surface area contributed by atoms with Gasteiger partial charge in [-0.3, -0.25) is 0 Å². The molecule has 0 aliphatic rings. The summed E-state index contributed by atoms with van der Waals surface area (Å²) in [6.07, 6.45) is 0. The highest BCUT2D eigenvalue weighted by atomic mass is 14.9. The van der Waals surface area contributed by atoms with E-state index in [1.54, 1.807) is 0 Å². The third kappa shape index (κ3) is 1.95. The smallest absolute Gasteiger partial charge is 0.0464 e. The molecule has 0 aliphatic carbocycles. The van der Waals surface area contributed by atoms with Crippen LogP contribution in [-0.4, -0.2) is 0 Å². The number of anilines is 2. The Labute approximate surface area is 107 Å². The second-order valence-electron chi connectivity index (χ2n) is 4.47. The zero-order valence-corrected chi connectivity index (χ0v) is 10.4. The Morgan fingerprint density at radius 2 is 1.39 bits per heavy atom. The number of hydrogen-bond donors (Lipinski definition) is 1. The standard InChI is InChI=1S/C17H15N/c1-13-7-5-11-16-15(13)10-6-12-17(16)18-14-8-3-2-4-9-14/h2-12,18H,1H3. The van der Waals surface area contributed by atoms with Gasteiger partial charge in [0.15, 0.2) is 0 Å². The van der Waals surface area contributed by atoms with Crippen LogP contribution >= 0.6 is 0 Å². The van der Waals surface area contributed by atoms with E-state index in [1.165, 1.54) is 16.3 Å². The topological polar surface area (TPSA) is 12.0 Å². The van der Waals surface area contributed by atoms with Gasteiger partial charge in [0.25, 0.3) is 0 Å². The van der Waals surface area contributed by atoms with E-state index in [0.717, 1.165) is 11.4 Å². The van der Waals surface area contributed by atoms with E-state index in [-0.39, 0.29) is 0 Å². The van der Waals surface area contributed by atoms with Gasteiger partial charge in [-0.05, 0) is 36.1 Å². The lowest BCUT2D eigenvalue weighted by molar-refractivity contribution is 1.52. The van der Waals surface area contributed by atoms with Gasteiger partial charge in [0.2, 0.25) is 0 Å². The van der Waals surface area contributed by atoms with Crippen molar-refractivity contribution in [2.24, 2.45) is 0 Å². The quantitative estimate of drug-likeness (QED) is 0.664. The summed E-state index contributed by atoms with van der Waals surface area (Å²) in [5.41, 5.74) is 3.58.